The molecule has 0 saturated heterocycles. The van der Waals surface area contributed by atoms with Gasteiger partial charge in [-0.2, -0.15) is 0 Å². The molecule has 6 heteroatoms. The summed E-state index contributed by atoms with van der Waals surface area (Å²) in [4.78, 5) is 22.3. The average Bonchev–Trinajstić information content (AvgIpc) is 3.18. The number of nitrogens with zero attached hydrogens (tertiary/aromatic N) is 3. The molecule has 0 saturated carbocycles. The van der Waals surface area contributed by atoms with Gasteiger partial charge >= 0.3 is 0 Å². The smallest absolute Gasteiger partial charge is 0.260 e. The van der Waals surface area contributed by atoms with Gasteiger partial charge in [-0.05, 0) is 68.4 Å². The number of aryl methyl sites for hydroxylation is 2. The molecule has 0 N–H and O–H groups in total. The molecule has 1 aromatic heterocycles. The van der Waals surface area contributed by atoms with Gasteiger partial charge < -0.3 is 4.90 Å². The summed E-state index contributed by atoms with van der Waals surface area (Å²) in [7, 11) is 4.03. The molecule has 1 amide bonds. The van der Waals surface area contributed by atoms with Crippen LogP contribution in [0.25, 0.3) is 21.3 Å². The molecule has 0 radical (unpaired) electrons. The number of likely N-dealkylation sites (N-methyl/N-ethyl adjacent to an activating group) is 1. The Morgan fingerprint density at radius 1 is 0.906 bits per heavy atom. The molecule has 0 unspecified atom stereocenters. The van der Waals surface area contributed by atoms with Crippen LogP contribution in [0.1, 0.15) is 21.5 Å². The predicted octanol–water partition coefficient (Wildman–Crippen LogP) is 6.21. The van der Waals surface area contributed by atoms with Gasteiger partial charge in [0.15, 0.2) is 5.13 Å². The van der Waals surface area contributed by atoms with Gasteiger partial charge in [0.25, 0.3) is 5.91 Å². The number of fused-ring (bicyclic) bond motifs is 1. The van der Waals surface area contributed by atoms with Crippen LogP contribution in [-0.4, -0.2) is 43.0 Å². The molecule has 32 heavy (non-hydrogen) atoms. The van der Waals surface area contributed by atoms with E-state index in [0.29, 0.717) is 12.1 Å². The molecule has 0 atom stereocenters. The van der Waals surface area contributed by atoms with E-state index in [2.05, 4.69) is 43.0 Å². The number of benzene rings is 3. The number of hydrogen-bond donors (Lipinski definition) is 0. The topological polar surface area (TPSA) is 36.4 Å². The fourth-order valence-electron chi connectivity index (χ4n) is 3.65. The van der Waals surface area contributed by atoms with E-state index in [1.54, 1.807) is 11.3 Å². The number of thiazole rings is 1. The molecular formula is C26H28ClN3OS. The molecule has 0 aliphatic heterocycles. The Balaban J connectivity index is 0.00000289. The molecule has 0 aliphatic rings. The van der Waals surface area contributed by atoms with Gasteiger partial charge in [0.2, 0.25) is 0 Å². The number of hydrogen-bond acceptors (Lipinski definition) is 4. The molecule has 166 valence electrons. The normalized spacial score (nSPS) is 10.9. The first-order valence-electron chi connectivity index (χ1n) is 10.4. The second-order valence-electron chi connectivity index (χ2n) is 8.13. The summed E-state index contributed by atoms with van der Waals surface area (Å²) >= 11 is 1.58. The van der Waals surface area contributed by atoms with Crippen LogP contribution in [0, 0.1) is 13.8 Å². The zero-order chi connectivity index (χ0) is 22.0. The first-order chi connectivity index (χ1) is 14.9. The van der Waals surface area contributed by atoms with Gasteiger partial charge in [-0.1, -0.05) is 59.9 Å². The predicted molar refractivity (Wildman–Crippen MR) is 138 cm³/mol. The molecule has 4 rings (SSSR count). The SMILES string of the molecule is Cc1cc(C)c2nc(N(CCN(C)C)C(=O)c3ccc(-c4ccccc4)cc3)sc2c1.Cl. The maximum Gasteiger partial charge on any atom is 0.260 e. The van der Waals surface area contributed by atoms with Crippen molar-refractivity contribution in [1.29, 1.82) is 0 Å². The van der Waals surface area contributed by atoms with Crippen molar-refractivity contribution in [3.63, 3.8) is 0 Å². The van der Waals surface area contributed by atoms with Gasteiger partial charge in [-0.3, -0.25) is 9.69 Å². The van der Waals surface area contributed by atoms with Crippen LogP contribution >= 0.6 is 23.7 Å². The second kappa shape index (κ2) is 10.3. The lowest BCUT2D eigenvalue weighted by molar-refractivity contribution is 0.0985. The summed E-state index contributed by atoms with van der Waals surface area (Å²) in [6.45, 7) is 5.52. The van der Waals surface area contributed by atoms with Crippen molar-refractivity contribution in [2.45, 2.75) is 13.8 Å². The molecule has 0 aliphatic carbocycles. The Bertz CT molecular complexity index is 1200. The van der Waals surface area contributed by atoms with E-state index in [4.69, 9.17) is 4.98 Å². The summed E-state index contributed by atoms with van der Waals surface area (Å²) in [6, 6.07) is 22.3. The van der Waals surface area contributed by atoms with Crippen LogP contribution in [0.15, 0.2) is 66.7 Å². The molecule has 4 aromatic rings. The quantitative estimate of drug-likeness (QED) is 0.339. The summed E-state index contributed by atoms with van der Waals surface area (Å²) in [5.74, 6) is -0.0186. The van der Waals surface area contributed by atoms with Crippen LogP contribution in [0.5, 0.6) is 0 Å². The highest BCUT2D eigenvalue weighted by Gasteiger charge is 2.22. The Morgan fingerprint density at radius 2 is 1.56 bits per heavy atom. The third-order valence-corrected chi connectivity index (χ3v) is 6.33. The van der Waals surface area contributed by atoms with Crippen LogP contribution < -0.4 is 4.90 Å². The zero-order valence-corrected chi connectivity index (χ0v) is 20.5. The molecule has 4 nitrogen and oxygen atoms in total. The first-order valence-corrected chi connectivity index (χ1v) is 11.2. The highest BCUT2D eigenvalue weighted by Crippen LogP contribution is 2.32. The molecule has 0 bridgehead atoms. The molecule has 0 fully saturated rings. The Hall–Kier alpha value is -2.73. The van der Waals surface area contributed by atoms with Crippen molar-refractivity contribution < 1.29 is 4.79 Å². The number of anilines is 1. The van der Waals surface area contributed by atoms with Gasteiger partial charge in [0, 0.05) is 18.7 Å². The highest BCUT2D eigenvalue weighted by atomic mass is 35.5. The van der Waals surface area contributed by atoms with Gasteiger partial charge in [-0.15, -0.1) is 12.4 Å². The van der Waals surface area contributed by atoms with Crippen molar-refractivity contribution in [2.75, 3.05) is 32.1 Å². The number of aromatic nitrogens is 1. The van der Waals surface area contributed by atoms with E-state index >= 15 is 0 Å². The van der Waals surface area contributed by atoms with Gasteiger partial charge in [-0.25, -0.2) is 4.98 Å². The Kier molecular flexibility index (Phi) is 7.67. The minimum atomic E-state index is -0.0186. The molecule has 1 heterocycles. The van der Waals surface area contributed by atoms with Gasteiger partial charge in [0.1, 0.15) is 0 Å². The fourth-order valence-corrected chi connectivity index (χ4v) is 4.82. The lowest BCUT2D eigenvalue weighted by atomic mass is 10.0. The second-order valence-corrected chi connectivity index (χ2v) is 9.14. The summed E-state index contributed by atoms with van der Waals surface area (Å²) in [5, 5.41) is 0.752. The first kappa shape index (κ1) is 23.9. The largest absolute Gasteiger partial charge is 0.308 e. The minimum absolute atomic E-state index is 0. The van der Waals surface area contributed by atoms with Crippen LogP contribution in [-0.2, 0) is 0 Å². The van der Waals surface area contributed by atoms with E-state index in [1.807, 2.05) is 61.5 Å². The molecule has 0 spiro atoms. The Labute approximate surface area is 199 Å². The van der Waals surface area contributed by atoms with E-state index in [1.165, 1.54) is 5.56 Å². The van der Waals surface area contributed by atoms with E-state index in [0.717, 1.165) is 38.6 Å². The third kappa shape index (κ3) is 5.18. The third-order valence-electron chi connectivity index (χ3n) is 5.30. The fraction of sp³-hybridized carbons (Fsp3) is 0.231. The summed E-state index contributed by atoms with van der Waals surface area (Å²) in [5.41, 5.74) is 6.25. The number of carbonyl (C=O) groups excluding carboxylic acids is 1. The summed E-state index contributed by atoms with van der Waals surface area (Å²) in [6.07, 6.45) is 0. The van der Waals surface area contributed by atoms with E-state index < -0.39 is 0 Å². The standard InChI is InChI=1S/C26H27N3OS.ClH/c1-18-16-19(2)24-23(17-18)31-26(27-24)29(15-14-28(3)4)25(30)22-12-10-21(11-13-22)20-8-6-5-7-9-20;/h5-13,16-17H,14-15H2,1-4H3;1H. The van der Waals surface area contributed by atoms with Crippen molar-refractivity contribution in [1.82, 2.24) is 9.88 Å². The van der Waals surface area contributed by atoms with Crippen molar-refractivity contribution >= 4 is 45.0 Å². The number of rotatable bonds is 6. The van der Waals surface area contributed by atoms with E-state index in [9.17, 15) is 4.79 Å². The van der Waals surface area contributed by atoms with Crippen LogP contribution in [0.3, 0.4) is 0 Å². The van der Waals surface area contributed by atoms with Gasteiger partial charge in [0.05, 0.1) is 10.2 Å². The van der Waals surface area contributed by atoms with Crippen molar-refractivity contribution in [3.05, 3.63) is 83.4 Å². The van der Waals surface area contributed by atoms with Crippen molar-refractivity contribution in [2.24, 2.45) is 0 Å². The lowest BCUT2D eigenvalue weighted by Gasteiger charge is -2.22. The zero-order valence-electron chi connectivity index (χ0n) is 18.8. The minimum Gasteiger partial charge on any atom is -0.308 e. The maximum absolute atomic E-state index is 13.5. The molecule has 3 aromatic carbocycles. The van der Waals surface area contributed by atoms with Crippen LogP contribution in [0.4, 0.5) is 5.13 Å². The van der Waals surface area contributed by atoms with Crippen LogP contribution in [0.2, 0.25) is 0 Å². The highest BCUT2D eigenvalue weighted by molar-refractivity contribution is 7.22. The number of carbonyl (C=O) groups is 1. The van der Waals surface area contributed by atoms with E-state index in [-0.39, 0.29) is 18.3 Å². The monoisotopic (exact) mass is 465 g/mol. The summed E-state index contributed by atoms with van der Waals surface area (Å²) < 4.78 is 1.12. The number of halogens is 1. The number of amides is 1. The van der Waals surface area contributed by atoms with Crippen molar-refractivity contribution in [3.8, 4) is 11.1 Å². The lowest BCUT2D eigenvalue weighted by Crippen LogP contribution is -2.36. The maximum atomic E-state index is 13.5. The molecular weight excluding hydrogens is 438 g/mol. The Morgan fingerprint density at radius 3 is 2.22 bits per heavy atom. The average molecular weight is 466 g/mol.